The zero-order valence-corrected chi connectivity index (χ0v) is 16.1. The van der Waals surface area contributed by atoms with Crippen molar-refractivity contribution in [3.8, 4) is 5.95 Å². The predicted octanol–water partition coefficient (Wildman–Crippen LogP) is 1.93. The molecule has 0 aliphatic carbocycles. The zero-order chi connectivity index (χ0) is 18.8. The fraction of sp³-hybridized carbons (Fsp3) is 0.579. The van der Waals surface area contributed by atoms with Gasteiger partial charge in [-0.05, 0) is 52.5 Å². The molecular weight excluding hydrogens is 330 g/mol. The standard InChI is InChI=1S/C19H27N5O2/c1-5-16-15(4)20-19(24-14(3)11-13(2)21-24)23(18(16)26)12-17(25)22-9-7-6-8-10-22/h11H,5-10,12H2,1-4H3. The molecule has 1 amide bonds. The number of nitrogens with zero attached hydrogens (tertiary/aromatic N) is 5. The SMILES string of the molecule is CCc1c(C)nc(-n2nc(C)cc2C)n(CC(=O)N2CCCCC2)c1=O. The van der Waals surface area contributed by atoms with E-state index in [2.05, 4.69) is 10.1 Å². The summed E-state index contributed by atoms with van der Waals surface area (Å²) in [6.45, 7) is 9.14. The van der Waals surface area contributed by atoms with Crippen LogP contribution in [0.5, 0.6) is 0 Å². The highest BCUT2D eigenvalue weighted by Crippen LogP contribution is 2.14. The molecule has 1 aliphatic heterocycles. The van der Waals surface area contributed by atoms with Gasteiger partial charge in [0.15, 0.2) is 0 Å². The maximum atomic E-state index is 13.1. The monoisotopic (exact) mass is 357 g/mol. The van der Waals surface area contributed by atoms with Gasteiger partial charge in [-0.2, -0.15) is 5.10 Å². The van der Waals surface area contributed by atoms with Crippen molar-refractivity contribution >= 4 is 5.91 Å². The molecule has 0 aromatic carbocycles. The molecule has 26 heavy (non-hydrogen) atoms. The Balaban J connectivity index is 2.07. The van der Waals surface area contributed by atoms with Crippen molar-refractivity contribution in [1.82, 2.24) is 24.2 Å². The first-order chi connectivity index (χ1) is 12.4. The summed E-state index contributed by atoms with van der Waals surface area (Å²) in [7, 11) is 0. The highest BCUT2D eigenvalue weighted by molar-refractivity contribution is 5.76. The van der Waals surface area contributed by atoms with Crippen LogP contribution in [0.2, 0.25) is 0 Å². The van der Waals surface area contributed by atoms with Crippen molar-refractivity contribution in [2.45, 2.75) is 59.9 Å². The number of aromatic nitrogens is 4. The number of aryl methyl sites for hydroxylation is 3. The van der Waals surface area contributed by atoms with E-state index in [0.29, 0.717) is 23.6 Å². The van der Waals surface area contributed by atoms with E-state index >= 15 is 0 Å². The van der Waals surface area contributed by atoms with Crippen LogP contribution < -0.4 is 5.56 Å². The highest BCUT2D eigenvalue weighted by Gasteiger charge is 2.22. The molecular formula is C19H27N5O2. The van der Waals surface area contributed by atoms with E-state index in [1.54, 1.807) is 4.68 Å². The molecule has 0 unspecified atom stereocenters. The fourth-order valence-corrected chi connectivity index (χ4v) is 3.61. The first kappa shape index (κ1) is 18.4. The van der Waals surface area contributed by atoms with Gasteiger partial charge in [-0.1, -0.05) is 6.92 Å². The van der Waals surface area contributed by atoms with Crippen molar-refractivity contribution in [2.24, 2.45) is 0 Å². The molecule has 0 spiro atoms. The van der Waals surface area contributed by atoms with Crippen LogP contribution in [0.4, 0.5) is 0 Å². The molecule has 0 N–H and O–H groups in total. The van der Waals surface area contributed by atoms with Crippen molar-refractivity contribution in [2.75, 3.05) is 13.1 Å². The molecule has 140 valence electrons. The summed E-state index contributed by atoms with van der Waals surface area (Å²) >= 11 is 0. The predicted molar refractivity (Wildman–Crippen MR) is 99.6 cm³/mol. The lowest BCUT2D eigenvalue weighted by Crippen LogP contribution is -2.41. The lowest BCUT2D eigenvalue weighted by molar-refractivity contribution is -0.132. The Kier molecular flexibility index (Phi) is 5.25. The summed E-state index contributed by atoms with van der Waals surface area (Å²) in [5, 5.41) is 4.47. The summed E-state index contributed by atoms with van der Waals surface area (Å²) in [4.78, 5) is 32.3. The number of likely N-dealkylation sites (tertiary alicyclic amines) is 1. The van der Waals surface area contributed by atoms with Crippen molar-refractivity contribution in [3.63, 3.8) is 0 Å². The third kappa shape index (κ3) is 3.43. The summed E-state index contributed by atoms with van der Waals surface area (Å²) in [5.74, 6) is 0.392. The normalized spacial score (nSPS) is 14.7. The van der Waals surface area contributed by atoms with Crippen molar-refractivity contribution < 1.29 is 4.79 Å². The Morgan fingerprint density at radius 1 is 1.15 bits per heavy atom. The molecule has 1 saturated heterocycles. The van der Waals surface area contributed by atoms with Crippen molar-refractivity contribution in [1.29, 1.82) is 0 Å². The van der Waals surface area contributed by atoms with Gasteiger partial charge in [0.1, 0.15) is 6.54 Å². The molecule has 1 aliphatic rings. The maximum Gasteiger partial charge on any atom is 0.258 e. The minimum atomic E-state index is -0.145. The zero-order valence-electron chi connectivity index (χ0n) is 16.1. The molecule has 2 aromatic rings. The van der Waals surface area contributed by atoms with Crippen LogP contribution in [0.1, 0.15) is 48.8 Å². The summed E-state index contributed by atoms with van der Waals surface area (Å²) in [5.41, 5.74) is 2.94. The third-order valence-corrected chi connectivity index (χ3v) is 5.00. The Morgan fingerprint density at radius 3 is 2.42 bits per heavy atom. The molecule has 0 radical (unpaired) electrons. The van der Waals surface area contributed by atoms with Gasteiger partial charge in [-0.15, -0.1) is 0 Å². The van der Waals surface area contributed by atoms with Gasteiger partial charge in [0.05, 0.1) is 11.4 Å². The summed E-state index contributed by atoms with van der Waals surface area (Å²) in [6.07, 6.45) is 3.80. The van der Waals surface area contributed by atoms with E-state index in [0.717, 1.165) is 43.7 Å². The Morgan fingerprint density at radius 2 is 1.85 bits per heavy atom. The Labute approximate surface area is 153 Å². The van der Waals surface area contributed by atoms with Crippen LogP contribution in [0.15, 0.2) is 10.9 Å². The molecule has 7 heteroatoms. The largest absolute Gasteiger partial charge is 0.341 e. The van der Waals surface area contributed by atoms with Crippen molar-refractivity contribution in [3.05, 3.63) is 39.1 Å². The van der Waals surface area contributed by atoms with Crippen LogP contribution in [0.25, 0.3) is 5.95 Å². The third-order valence-electron chi connectivity index (χ3n) is 5.00. The average Bonchev–Trinajstić information content (AvgIpc) is 2.96. The van der Waals surface area contributed by atoms with E-state index in [1.165, 1.54) is 4.57 Å². The number of hydrogen-bond acceptors (Lipinski definition) is 4. The number of hydrogen-bond donors (Lipinski definition) is 0. The molecule has 2 aromatic heterocycles. The molecule has 0 saturated carbocycles. The van der Waals surface area contributed by atoms with Crippen LogP contribution in [0.3, 0.4) is 0 Å². The van der Waals surface area contributed by atoms with E-state index in [9.17, 15) is 9.59 Å². The van der Waals surface area contributed by atoms with E-state index < -0.39 is 0 Å². The highest BCUT2D eigenvalue weighted by atomic mass is 16.2. The minimum Gasteiger partial charge on any atom is -0.341 e. The van der Waals surface area contributed by atoms with Crippen LogP contribution >= 0.6 is 0 Å². The Bertz CT molecular complexity index is 875. The lowest BCUT2D eigenvalue weighted by atomic mass is 10.1. The molecule has 0 bridgehead atoms. The number of rotatable bonds is 4. The second-order valence-corrected chi connectivity index (χ2v) is 7.00. The lowest BCUT2D eigenvalue weighted by Gasteiger charge is -2.27. The summed E-state index contributed by atoms with van der Waals surface area (Å²) < 4.78 is 3.15. The average molecular weight is 357 g/mol. The van der Waals surface area contributed by atoms with Crippen LogP contribution in [0, 0.1) is 20.8 Å². The second-order valence-electron chi connectivity index (χ2n) is 7.00. The smallest absolute Gasteiger partial charge is 0.258 e. The van der Waals surface area contributed by atoms with Gasteiger partial charge >= 0.3 is 0 Å². The number of amides is 1. The Hall–Kier alpha value is -2.44. The van der Waals surface area contributed by atoms with E-state index in [1.807, 2.05) is 38.7 Å². The minimum absolute atomic E-state index is 0.00674. The van der Waals surface area contributed by atoms with Gasteiger partial charge in [0.25, 0.3) is 5.56 Å². The fourth-order valence-electron chi connectivity index (χ4n) is 3.61. The van der Waals surface area contributed by atoms with Gasteiger partial charge in [-0.25, -0.2) is 9.67 Å². The number of carbonyl (C=O) groups excluding carboxylic acids is 1. The van der Waals surface area contributed by atoms with E-state index in [-0.39, 0.29) is 18.0 Å². The van der Waals surface area contributed by atoms with E-state index in [4.69, 9.17) is 0 Å². The number of carbonyl (C=O) groups is 1. The quantitative estimate of drug-likeness (QED) is 0.838. The second kappa shape index (κ2) is 7.43. The van der Waals surface area contributed by atoms with Gasteiger partial charge < -0.3 is 4.90 Å². The van der Waals surface area contributed by atoms with Gasteiger partial charge in [0.2, 0.25) is 11.9 Å². The van der Waals surface area contributed by atoms with Gasteiger partial charge in [-0.3, -0.25) is 14.2 Å². The molecule has 3 heterocycles. The first-order valence-electron chi connectivity index (χ1n) is 9.34. The molecule has 0 atom stereocenters. The van der Waals surface area contributed by atoms with Crippen LogP contribution in [-0.2, 0) is 17.8 Å². The number of piperidine rings is 1. The molecule has 1 fully saturated rings. The van der Waals surface area contributed by atoms with Gasteiger partial charge in [0, 0.05) is 24.3 Å². The topological polar surface area (TPSA) is 73.0 Å². The first-order valence-corrected chi connectivity index (χ1v) is 9.34. The molecule has 7 nitrogen and oxygen atoms in total. The molecule has 3 rings (SSSR count). The maximum absolute atomic E-state index is 13.1. The van der Waals surface area contributed by atoms with Crippen LogP contribution in [-0.4, -0.2) is 43.2 Å². The summed E-state index contributed by atoms with van der Waals surface area (Å²) in [6, 6.07) is 1.94.